The van der Waals surface area contributed by atoms with Crippen molar-refractivity contribution in [3.05, 3.63) is 40.4 Å². The molecule has 3 rings (SSSR count). The molecule has 2 aromatic rings. The highest BCUT2D eigenvalue weighted by Gasteiger charge is 2.32. The molecule has 1 amide bonds. The molecule has 1 aliphatic heterocycles. The number of ether oxygens (including phenoxy) is 1. The number of nitrogens with one attached hydrogen (secondary N) is 1. The molecule has 116 valence electrons. The van der Waals surface area contributed by atoms with E-state index in [0.29, 0.717) is 18.1 Å². The zero-order chi connectivity index (χ0) is 15.4. The smallest absolute Gasteiger partial charge is 0.271 e. The lowest BCUT2D eigenvalue weighted by Gasteiger charge is -2.32. The van der Waals surface area contributed by atoms with E-state index in [-0.39, 0.29) is 11.5 Å². The van der Waals surface area contributed by atoms with Crippen LogP contribution in [0.15, 0.2) is 23.3 Å². The second-order valence-electron chi connectivity index (χ2n) is 5.51. The highest BCUT2D eigenvalue weighted by molar-refractivity contribution is 7.07. The molecule has 1 saturated heterocycles. The van der Waals surface area contributed by atoms with Crippen molar-refractivity contribution in [3.63, 3.8) is 0 Å². The normalized spacial score (nSPS) is 21.5. The summed E-state index contributed by atoms with van der Waals surface area (Å²) in [6.07, 6.45) is 6.65. The first-order valence-corrected chi connectivity index (χ1v) is 8.23. The summed E-state index contributed by atoms with van der Waals surface area (Å²) in [5, 5.41) is 4.52. The van der Waals surface area contributed by atoms with E-state index >= 15 is 0 Å². The summed E-state index contributed by atoms with van der Waals surface area (Å²) >= 11 is 1.40. The summed E-state index contributed by atoms with van der Waals surface area (Å²) < 4.78 is 5.84. The van der Waals surface area contributed by atoms with E-state index in [0.717, 1.165) is 31.4 Å². The van der Waals surface area contributed by atoms with Gasteiger partial charge in [0.2, 0.25) is 0 Å². The Morgan fingerprint density at radius 1 is 1.36 bits per heavy atom. The van der Waals surface area contributed by atoms with Crippen molar-refractivity contribution in [3.8, 4) is 0 Å². The molecule has 0 bridgehead atoms. The highest BCUT2D eigenvalue weighted by atomic mass is 32.1. The number of nitrogens with zero attached hydrogens (tertiary/aromatic N) is 3. The van der Waals surface area contributed by atoms with Crippen LogP contribution in [0, 0.1) is 0 Å². The van der Waals surface area contributed by atoms with E-state index in [4.69, 9.17) is 4.74 Å². The van der Waals surface area contributed by atoms with Gasteiger partial charge in [0.1, 0.15) is 11.3 Å². The molecule has 6 nitrogen and oxygen atoms in total. The molecular weight excluding hydrogens is 300 g/mol. The summed E-state index contributed by atoms with van der Waals surface area (Å²) in [7, 11) is 0. The van der Waals surface area contributed by atoms with Gasteiger partial charge >= 0.3 is 0 Å². The van der Waals surface area contributed by atoms with Gasteiger partial charge in [-0.2, -0.15) is 0 Å². The highest BCUT2D eigenvalue weighted by Crippen LogP contribution is 2.32. The van der Waals surface area contributed by atoms with Gasteiger partial charge in [-0.05, 0) is 26.2 Å². The van der Waals surface area contributed by atoms with Crippen LogP contribution in [0.4, 0.5) is 0 Å². The summed E-state index contributed by atoms with van der Waals surface area (Å²) in [6, 6.07) is 0. The Hall–Kier alpha value is -1.86. The Bertz CT molecular complexity index is 622. The first-order chi connectivity index (χ1) is 10.7. The molecule has 7 heteroatoms. The van der Waals surface area contributed by atoms with Crippen molar-refractivity contribution in [2.24, 2.45) is 0 Å². The summed E-state index contributed by atoms with van der Waals surface area (Å²) in [4.78, 5) is 24.6. The molecule has 1 aliphatic rings. The van der Waals surface area contributed by atoms with Gasteiger partial charge in [0, 0.05) is 36.5 Å². The predicted octanol–water partition coefficient (Wildman–Crippen LogP) is 2.28. The minimum Gasteiger partial charge on any atom is -0.367 e. The summed E-state index contributed by atoms with van der Waals surface area (Å²) in [5.74, 6) is 0.523. The second kappa shape index (κ2) is 6.50. The van der Waals surface area contributed by atoms with Crippen LogP contribution in [-0.2, 0) is 16.9 Å². The second-order valence-corrected chi connectivity index (χ2v) is 6.23. The Balaban J connectivity index is 1.61. The lowest BCUT2D eigenvalue weighted by atomic mass is 9.95. The number of thiazole rings is 1. The maximum Gasteiger partial charge on any atom is 0.271 e. The topological polar surface area (TPSA) is 77.0 Å². The van der Waals surface area contributed by atoms with Gasteiger partial charge in [0.05, 0.1) is 5.51 Å². The van der Waals surface area contributed by atoms with E-state index in [1.54, 1.807) is 23.3 Å². The third kappa shape index (κ3) is 3.31. The van der Waals surface area contributed by atoms with Gasteiger partial charge < -0.3 is 10.1 Å². The van der Waals surface area contributed by atoms with Crippen molar-refractivity contribution in [2.45, 2.75) is 38.3 Å². The average molecular weight is 318 g/mol. The van der Waals surface area contributed by atoms with Gasteiger partial charge in [-0.15, -0.1) is 11.3 Å². The van der Waals surface area contributed by atoms with E-state index < -0.39 is 0 Å². The molecule has 1 N–H and O–H groups in total. The molecule has 2 aromatic heterocycles. The van der Waals surface area contributed by atoms with Crippen LogP contribution < -0.4 is 5.32 Å². The van der Waals surface area contributed by atoms with Gasteiger partial charge in [0.25, 0.3) is 5.91 Å². The maximum atomic E-state index is 11.8. The zero-order valence-electron chi connectivity index (χ0n) is 12.4. The standard InChI is InChI=1S/C15H18N4O2S/c1-15(4-2-3-5-21-15)14-17-7-11(8-18-14)6-16-13(20)12-9-22-10-19-12/h7-10H,2-6H2,1H3,(H,16,20). The van der Waals surface area contributed by atoms with Crippen LogP contribution in [0.25, 0.3) is 0 Å². The molecule has 1 fully saturated rings. The van der Waals surface area contributed by atoms with E-state index in [1.807, 2.05) is 6.92 Å². The number of aromatic nitrogens is 3. The van der Waals surface area contributed by atoms with Crippen LogP contribution >= 0.6 is 11.3 Å². The summed E-state index contributed by atoms with van der Waals surface area (Å²) in [6.45, 7) is 3.17. The van der Waals surface area contributed by atoms with E-state index in [2.05, 4.69) is 20.3 Å². The van der Waals surface area contributed by atoms with Crippen LogP contribution in [0.2, 0.25) is 0 Å². The lowest BCUT2D eigenvalue weighted by Crippen LogP contribution is -2.32. The van der Waals surface area contributed by atoms with Crippen molar-refractivity contribution in [2.75, 3.05) is 6.61 Å². The van der Waals surface area contributed by atoms with Crippen LogP contribution in [-0.4, -0.2) is 27.5 Å². The number of hydrogen-bond acceptors (Lipinski definition) is 6. The monoisotopic (exact) mass is 318 g/mol. The van der Waals surface area contributed by atoms with Gasteiger partial charge in [-0.1, -0.05) is 0 Å². The predicted molar refractivity (Wildman–Crippen MR) is 82.5 cm³/mol. The Morgan fingerprint density at radius 3 is 2.82 bits per heavy atom. The van der Waals surface area contributed by atoms with Crippen molar-refractivity contribution in [1.29, 1.82) is 0 Å². The quantitative estimate of drug-likeness (QED) is 0.936. The van der Waals surface area contributed by atoms with Crippen molar-refractivity contribution < 1.29 is 9.53 Å². The molecule has 22 heavy (non-hydrogen) atoms. The first-order valence-electron chi connectivity index (χ1n) is 7.29. The molecule has 0 aliphatic carbocycles. The molecule has 0 aromatic carbocycles. The molecule has 3 heterocycles. The van der Waals surface area contributed by atoms with Gasteiger partial charge in [-0.3, -0.25) is 4.79 Å². The fourth-order valence-corrected chi connectivity index (χ4v) is 2.96. The average Bonchev–Trinajstić information content (AvgIpc) is 3.08. The lowest BCUT2D eigenvalue weighted by molar-refractivity contribution is -0.0760. The number of carbonyl (C=O) groups is 1. The van der Waals surface area contributed by atoms with Gasteiger partial charge in [0.15, 0.2) is 5.82 Å². The third-order valence-corrected chi connectivity index (χ3v) is 4.35. The minimum absolute atomic E-state index is 0.187. The van der Waals surface area contributed by atoms with Crippen molar-refractivity contribution in [1.82, 2.24) is 20.3 Å². The third-order valence-electron chi connectivity index (χ3n) is 3.77. The SMILES string of the molecule is CC1(c2ncc(CNC(=O)c3cscn3)cn2)CCCCO1. The number of carbonyl (C=O) groups excluding carboxylic acids is 1. The zero-order valence-corrected chi connectivity index (χ0v) is 13.2. The van der Waals surface area contributed by atoms with E-state index in [9.17, 15) is 4.79 Å². The Morgan fingerprint density at radius 2 is 2.18 bits per heavy atom. The largest absolute Gasteiger partial charge is 0.367 e. The molecule has 1 unspecified atom stereocenters. The Kier molecular flexibility index (Phi) is 4.44. The first kappa shape index (κ1) is 15.1. The number of rotatable bonds is 4. The number of amides is 1. The Labute approximate surface area is 133 Å². The number of hydrogen-bond donors (Lipinski definition) is 1. The fraction of sp³-hybridized carbons (Fsp3) is 0.467. The summed E-state index contributed by atoms with van der Waals surface area (Å²) in [5.41, 5.74) is 2.54. The maximum absolute atomic E-state index is 11.8. The van der Waals surface area contributed by atoms with Gasteiger partial charge in [-0.25, -0.2) is 15.0 Å². The fourth-order valence-electron chi connectivity index (χ4n) is 2.43. The van der Waals surface area contributed by atoms with Crippen LogP contribution in [0.1, 0.15) is 48.1 Å². The minimum atomic E-state index is -0.388. The molecule has 0 radical (unpaired) electrons. The van der Waals surface area contributed by atoms with Crippen LogP contribution in [0.5, 0.6) is 0 Å². The van der Waals surface area contributed by atoms with Crippen molar-refractivity contribution >= 4 is 17.2 Å². The molecular formula is C15H18N4O2S. The van der Waals surface area contributed by atoms with E-state index in [1.165, 1.54) is 11.3 Å². The van der Waals surface area contributed by atoms with Crippen LogP contribution in [0.3, 0.4) is 0 Å². The molecule has 0 spiro atoms. The molecule has 0 saturated carbocycles. The molecule has 1 atom stereocenters.